The van der Waals surface area contributed by atoms with Gasteiger partial charge in [-0.3, -0.25) is 0 Å². The van der Waals surface area contributed by atoms with Crippen LogP contribution < -0.4 is 0 Å². The molecule has 0 aromatic carbocycles. The minimum absolute atomic E-state index is 0.0179. The molecule has 0 unspecified atom stereocenters. The Kier molecular flexibility index (Phi) is 13.0. The number of rotatable bonds is 11. The quantitative estimate of drug-likeness (QED) is 0.104. The summed E-state index contributed by atoms with van der Waals surface area (Å²) in [6.07, 6.45) is -7.43. The molecule has 2 saturated heterocycles. The molecule has 56 heavy (non-hydrogen) atoms. The van der Waals surface area contributed by atoms with Crippen molar-refractivity contribution in [1.82, 2.24) is 0 Å². The van der Waals surface area contributed by atoms with Crippen molar-refractivity contribution in [2.45, 2.75) is 185 Å². The van der Waals surface area contributed by atoms with E-state index in [-0.39, 0.29) is 34.7 Å². The van der Waals surface area contributed by atoms with E-state index in [1.165, 1.54) is 0 Å². The Morgan fingerprint density at radius 1 is 0.750 bits per heavy atom. The molecule has 6 rings (SSSR count). The van der Waals surface area contributed by atoms with Gasteiger partial charge in [0, 0.05) is 0 Å². The summed E-state index contributed by atoms with van der Waals surface area (Å²) in [6.45, 7) is 13.9. The molecule has 10 N–H and O–H groups in total. The van der Waals surface area contributed by atoms with Gasteiger partial charge in [0.25, 0.3) is 0 Å². The normalized spacial score (nSPS) is 51.8. The number of hydrogen-bond acceptors (Lipinski definition) is 14. The Morgan fingerprint density at radius 2 is 1.38 bits per heavy atom. The molecule has 324 valence electrons. The first-order chi connectivity index (χ1) is 26.1. The lowest BCUT2D eigenvalue weighted by atomic mass is 9.35. The van der Waals surface area contributed by atoms with E-state index in [0.29, 0.717) is 37.5 Å². The van der Waals surface area contributed by atoms with Crippen molar-refractivity contribution in [2.75, 3.05) is 19.8 Å². The van der Waals surface area contributed by atoms with Crippen molar-refractivity contribution in [3.8, 4) is 0 Å². The van der Waals surface area contributed by atoms with Crippen molar-refractivity contribution in [1.29, 1.82) is 0 Å². The monoisotopic (exact) mass is 800 g/mol. The lowest BCUT2D eigenvalue weighted by molar-refractivity contribution is -0.379. The van der Waals surface area contributed by atoms with E-state index in [2.05, 4.69) is 34.6 Å². The van der Waals surface area contributed by atoms with E-state index in [0.717, 1.165) is 37.7 Å². The number of ether oxygens (including phenoxy) is 4. The summed E-state index contributed by atoms with van der Waals surface area (Å²) >= 11 is 0. The average molecular weight is 801 g/mol. The van der Waals surface area contributed by atoms with Gasteiger partial charge in [0.2, 0.25) is 0 Å². The van der Waals surface area contributed by atoms with Gasteiger partial charge in [-0.1, -0.05) is 46.3 Å². The van der Waals surface area contributed by atoms with Crippen LogP contribution in [-0.4, -0.2) is 150 Å². The van der Waals surface area contributed by atoms with Crippen LogP contribution >= 0.6 is 0 Å². The van der Waals surface area contributed by atoms with Crippen LogP contribution in [0.5, 0.6) is 0 Å². The van der Waals surface area contributed by atoms with Crippen LogP contribution in [0, 0.1) is 45.3 Å². The van der Waals surface area contributed by atoms with Gasteiger partial charge in [0.1, 0.15) is 48.8 Å². The standard InChI is InChI=1S/C42H72O14/c1-21(18-43)9-8-14-42(7,52)23-12-16-40(5)22(23)10-11-27-39(4)15-13-28(38(2,3)35(39)24(46)17-41(27,40)6)55-37-34(32(50)30(48)26(20-45)54-37)56-36-33(51)31(49)29(47)25(19-44)53-36/h9,22-37,43-52H,8,10-20H2,1-7H3/b21-9+/t22-,23+,24+,25-,26-,27-,28+,29-,30-,31+,32+,33-,34-,35+,36+,37+,39-,40-,41-,42+/m1/s1. The summed E-state index contributed by atoms with van der Waals surface area (Å²) < 4.78 is 24.3. The lowest BCUT2D eigenvalue weighted by Gasteiger charge is -2.71. The second-order valence-electron chi connectivity index (χ2n) is 20.1. The van der Waals surface area contributed by atoms with Gasteiger partial charge in [-0.25, -0.2) is 0 Å². The maximum absolute atomic E-state index is 12.4. The fourth-order valence-corrected chi connectivity index (χ4v) is 13.6. The van der Waals surface area contributed by atoms with Crippen molar-refractivity contribution in [2.24, 2.45) is 45.3 Å². The van der Waals surface area contributed by atoms with Gasteiger partial charge in [0.05, 0.1) is 37.6 Å². The zero-order chi connectivity index (χ0) is 41.3. The highest BCUT2D eigenvalue weighted by molar-refractivity contribution is 5.20. The fraction of sp³-hybridized carbons (Fsp3) is 0.952. The molecule has 0 amide bonds. The molecule has 0 aromatic heterocycles. The Labute approximate surface area is 331 Å². The minimum atomic E-state index is -1.77. The molecule has 4 saturated carbocycles. The first-order valence-corrected chi connectivity index (χ1v) is 21.0. The molecule has 2 aliphatic heterocycles. The summed E-state index contributed by atoms with van der Waals surface area (Å²) in [5.41, 5.74) is -1.12. The molecule has 4 aliphatic carbocycles. The highest BCUT2D eigenvalue weighted by Gasteiger charge is 2.71. The van der Waals surface area contributed by atoms with Gasteiger partial charge in [-0.2, -0.15) is 0 Å². The maximum Gasteiger partial charge on any atom is 0.187 e. The van der Waals surface area contributed by atoms with Crippen LogP contribution in [0.4, 0.5) is 0 Å². The topological polar surface area (TPSA) is 239 Å². The molecule has 0 radical (unpaired) electrons. The van der Waals surface area contributed by atoms with E-state index in [4.69, 9.17) is 18.9 Å². The lowest BCUT2D eigenvalue weighted by Crippen LogP contribution is -2.69. The zero-order valence-electron chi connectivity index (χ0n) is 34.4. The third kappa shape index (κ3) is 7.26. The number of aliphatic hydroxyl groups is 10. The molecule has 0 aromatic rings. The number of allylic oxidation sites excluding steroid dienone is 1. The predicted octanol–water partition coefficient (Wildman–Crippen LogP) is 1.12. The minimum Gasteiger partial charge on any atom is -0.394 e. The van der Waals surface area contributed by atoms with E-state index in [9.17, 15) is 51.1 Å². The van der Waals surface area contributed by atoms with Crippen molar-refractivity contribution >= 4 is 0 Å². The van der Waals surface area contributed by atoms with Crippen LogP contribution in [0.1, 0.15) is 106 Å². The molecule has 14 nitrogen and oxygen atoms in total. The predicted molar refractivity (Wildman–Crippen MR) is 202 cm³/mol. The van der Waals surface area contributed by atoms with Crippen molar-refractivity contribution in [3.63, 3.8) is 0 Å². The first-order valence-electron chi connectivity index (χ1n) is 21.0. The third-order valence-corrected chi connectivity index (χ3v) is 16.7. The Bertz CT molecular complexity index is 1390. The Hall–Kier alpha value is -0.820. The zero-order valence-corrected chi connectivity index (χ0v) is 34.4. The van der Waals surface area contributed by atoms with Crippen LogP contribution in [-0.2, 0) is 18.9 Å². The summed E-state index contributed by atoms with van der Waals surface area (Å²) in [4.78, 5) is 0. The van der Waals surface area contributed by atoms with Crippen molar-refractivity contribution in [3.05, 3.63) is 11.6 Å². The van der Waals surface area contributed by atoms with Crippen LogP contribution in [0.15, 0.2) is 11.6 Å². The number of fused-ring (bicyclic) bond motifs is 5. The van der Waals surface area contributed by atoms with Crippen LogP contribution in [0.3, 0.4) is 0 Å². The molecule has 0 bridgehead atoms. The maximum atomic E-state index is 12.4. The molecular formula is C42H72O14. The molecular weight excluding hydrogens is 728 g/mol. The number of aliphatic hydroxyl groups excluding tert-OH is 9. The Balaban J connectivity index is 1.22. The average Bonchev–Trinajstić information content (AvgIpc) is 3.50. The molecule has 14 heteroatoms. The largest absolute Gasteiger partial charge is 0.394 e. The smallest absolute Gasteiger partial charge is 0.187 e. The molecule has 0 spiro atoms. The van der Waals surface area contributed by atoms with E-state index in [1.807, 2.05) is 19.9 Å². The Morgan fingerprint density at radius 3 is 2.00 bits per heavy atom. The van der Waals surface area contributed by atoms with E-state index >= 15 is 0 Å². The van der Waals surface area contributed by atoms with Crippen LogP contribution in [0.25, 0.3) is 0 Å². The van der Waals surface area contributed by atoms with E-state index < -0.39 is 97.8 Å². The SMILES string of the molecule is C/C(=C\CC[C@](C)(O)[C@H]1CC[C@]2(C)[C@@H]1CC[C@@H]1[C@@]3(C)CC[C@H](O[C@@H]4O[C@H](CO)[C@@H](O)[C@H](O)[C@H]4O[C@@H]4O[C@H](CO)[C@@H](O)[C@H](O)[C@H]4O)C(C)(C)[C@@H]3[C@@H](O)C[C@]12C)CO. The van der Waals surface area contributed by atoms with Gasteiger partial charge in [-0.15, -0.1) is 0 Å². The summed E-state index contributed by atoms with van der Waals surface area (Å²) in [5.74, 6) is 0.563. The van der Waals surface area contributed by atoms with E-state index in [1.54, 1.807) is 0 Å². The molecule has 20 atom stereocenters. The first kappa shape index (κ1) is 44.7. The van der Waals surface area contributed by atoms with Crippen LogP contribution in [0.2, 0.25) is 0 Å². The summed E-state index contributed by atoms with van der Waals surface area (Å²) in [7, 11) is 0. The summed E-state index contributed by atoms with van der Waals surface area (Å²) in [6, 6.07) is 0. The molecule has 6 fully saturated rings. The third-order valence-electron chi connectivity index (χ3n) is 16.7. The fourth-order valence-electron chi connectivity index (χ4n) is 13.6. The van der Waals surface area contributed by atoms with Gasteiger partial charge in [-0.05, 0) is 117 Å². The van der Waals surface area contributed by atoms with Gasteiger partial charge in [0.15, 0.2) is 12.6 Å². The van der Waals surface area contributed by atoms with Gasteiger partial charge < -0.3 is 70.0 Å². The second-order valence-corrected chi connectivity index (χ2v) is 20.1. The molecule has 2 heterocycles. The second kappa shape index (κ2) is 16.2. The van der Waals surface area contributed by atoms with Gasteiger partial charge >= 0.3 is 0 Å². The number of hydrogen-bond donors (Lipinski definition) is 10. The molecule has 6 aliphatic rings. The van der Waals surface area contributed by atoms with Crippen molar-refractivity contribution < 1.29 is 70.0 Å². The highest BCUT2D eigenvalue weighted by Crippen LogP contribution is 2.76. The summed E-state index contributed by atoms with van der Waals surface area (Å²) in [5, 5.41) is 107. The highest BCUT2D eigenvalue weighted by atomic mass is 16.8.